The number of nitrogens with zero attached hydrogens (tertiary/aromatic N) is 3. The van der Waals surface area contributed by atoms with Gasteiger partial charge < -0.3 is 9.84 Å². The zero-order valence-corrected chi connectivity index (χ0v) is 20.2. The molecule has 0 saturated carbocycles. The number of benzene rings is 2. The standard InChI is InChI=1S/C28H24FN3O3S/c29-22-14-18(15-32-16-20(17-32)35-27(33)34)8-9-21(22)25-30-23-10-11-24(31-26(23)36-25)28(12-4-5-13-28)19-6-2-1-3-7-19/h1-11,14,20H,12-13,15-17H2,(H,33,34). The van der Waals surface area contributed by atoms with Crippen molar-refractivity contribution in [3.8, 4) is 10.6 Å². The Kier molecular flexibility index (Phi) is 5.78. The summed E-state index contributed by atoms with van der Waals surface area (Å²) in [5.74, 6) is -0.327. The van der Waals surface area contributed by atoms with Gasteiger partial charge in [-0.05, 0) is 48.2 Å². The molecule has 1 saturated heterocycles. The quantitative estimate of drug-likeness (QED) is 0.258. The lowest BCUT2D eigenvalue weighted by Crippen LogP contribution is -2.52. The number of aromatic nitrogens is 2. The summed E-state index contributed by atoms with van der Waals surface area (Å²) in [5, 5.41) is 9.29. The molecule has 1 fully saturated rings. The smallest absolute Gasteiger partial charge is 0.450 e. The van der Waals surface area contributed by atoms with Crippen molar-refractivity contribution in [2.45, 2.75) is 30.9 Å². The maximum absolute atomic E-state index is 15.1. The van der Waals surface area contributed by atoms with Crippen LogP contribution in [0.2, 0.25) is 0 Å². The molecular weight excluding hydrogens is 477 g/mol. The third kappa shape index (κ3) is 4.16. The molecule has 0 bridgehead atoms. The molecule has 2 aromatic carbocycles. The maximum Gasteiger partial charge on any atom is 0.506 e. The minimum atomic E-state index is -1.26. The van der Waals surface area contributed by atoms with Gasteiger partial charge in [-0.25, -0.2) is 19.2 Å². The number of pyridine rings is 1. The second-order valence-electron chi connectivity index (χ2n) is 9.38. The Morgan fingerprint density at radius 1 is 1.08 bits per heavy atom. The van der Waals surface area contributed by atoms with Gasteiger partial charge in [0.25, 0.3) is 0 Å². The first-order valence-corrected chi connectivity index (χ1v) is 12.7. The van der Waals surface area contributed by atoms with Crippen LogP contribution < -0.4 is 0 Å². The first-order chi connectivity index (χ1) is 17.5. The van der Waals surface area contributed by atoms with Gasteiger partial charge in [-0.1, -0.05) is 59.9 Å². The Balaban J connectivity index is 1.24. The Morgan fingerprint density at radius 3 is 2.58 bits per heavy atom. The highest BCUT2D eigenvalue weighted by Gasteiger charge is 2.36. The minimum absolute atomic E-state index is 0.183. The van der Waals surface area contributed by atoms with Crippen LogP contribution in [0.3, 0.4) is 0 Å². The number of likely N-dealkylation sites (tertiary alicyclic amines) is 1. The highest BCUT2D eigenvalue weighted by molar-refractivity contribution is 7.21. The van der Waals surface area contributed by atoms with E-state index < -0.39 is 6.16 Å². The number of rotatable bonds is 6. The molecule has 1 N–H and O–H groups in total. The van der Waals surface area contributed by atoms with Gasteiger partial charge in [0, 0.05) is 30.6 Å². The molecule has 4 aromatic rings. The molecule has 6 rings (SSSR count). The number of carboxylic acid groups (broad SMARTS) is 1. The van der Waals surface area contributed by atoms with E-state index >= 15 is 4.39 Å². The van der Waals surface area contributed by atoms with Crippen molar-refractivity contribution in [2.75, 3.05) is 13.1 Å². The predicted molar refractivity (Wildman–Crippen MR) is 137 cm³/mol. The molecule has 8 heteroatoms. The predicted octanol–water partition coefficient (Wildman–Crippen LogP) is 6.01. The Morgan fingerprint density at radius 2 is 1.86 bits per heavy atom. The maximum atomic E-state index is 15.1. The van der Waals surface area contributed by atoms with Gasteiger partial charge in [-0.15, -0.1) is 0 Å². The van der Waals surface area contributed by atoms with E-state index in [1.165, 1.54) is 23.0 Å². The first-order valence-electron chi connectivity index (χ1n) is 11.9. The minimum Gasteiger partial charge on any atom is -0.450 e. The van der Waals surface area contributed by atoms with Crippen molar-refractivity contribution in [1.29, 1.82) is 0 Å². The van der Waals surface area contributed by atoms with Crippen molar-refractivity contribution < 1.29 is 19.0 Å². The summed E-state index contributed by atoms with van der Waals surface area (Å²) >= 11 is 1.41. The molecule has 3 heterocycles. The van der Waals surface area contributed by atoms with Crippen LogP contribution in [0.4, 0.5) is 9.18 Å². The molecule has 182 valence electrons. The van der Waals surface area contributed by atoms with E-state index in [2.05, 4.69) is 47.5 Å². The SMILES string of the molecule is O=C(O)OC1CN(Cc2ccc(-c3nc4ccc(C5(c6ccccc6)CC=CC5)nc4s3)c(F)c2)C1. The Bertz CT molecular complexity index is 1460. The van der Waals surface area contributed by atoms with E-state index in [4.69, 9.17) is 14.8 Å². The number of ether oxygens (including phenoxy) is 1. The third-order valence-corrected chi connectivity index (χ3v) is 8.03. The number of halogens is 1. The van der Waals surface area contributed by atoms with E-state index in [1.807, 2.05) is 23.1 Å². The number of thiazole rings is 1. The summed E-state index contributed by atoms with van der Waals surface area (Å²) in [6.45, 7) is 1.57. The van der Waals surface area contributed by atoms with Crippen molar-refractivity contribution in [3.63, 3.8) is 0 Å². The van der Waals surface area contributed by atoms with Crippen LogP contribution in [0.5, 0.6) is 0 Å². The number of fused-ring (bicyclic) bond motifs is 1. The number of hydrogen-bond donors (Lipinski definition) is 1. The molecule has 0 atom stereocenters. The molecule has 0 spiro atoms. The van der Waals surface area contributed by atoms with Crippen LogP contribution in [0, 0.1) is 5.82 Å². The van der Waals surface area contributed by atoms with Gasteiger partial charge >= 0.3 is 6.16 Å². The molecule has 1 aliphatic heterocycles. The zero-order valence-electron chi connectivity index (χ0n) is 19.4. The molecule has 1 aliphatic carbocycles. The van der Waals surface area contributed by atoms with Crippen LogP contribution in [-0.2, 0) is 16.7 Å². The van der Waals surface area contributed by atoms with Crippen molar-refractivity contribution in [3.05, 3.63) is 95.5 Å². The fraction of sp³-hybridized carbons (Fsp3) is 0.250. The van der Waals surface area contributed by atoms with Gasteiger partial charge in [0.1, 0.15) is 27.3 Å². The molecular formula is C28H24FN3O3S. The fourth-order valence-electron chi connectivity index (χ4n) is 5.16. The molecule has 2 aliphatic rings. The van der Waals surface area contributed by atoms with Crippen molar-refractivity contribution >= 4 is 27.8 Å². The van der Waals surface area contributed by atoms with Gasteiger partial charge in [-0.3, -0.25) is 4.90 Å². The van der Waals surface area contributed by atoms with E-state index in [1.54, 1.807) is 6.07 Å². The topological polar surface area (TPSA) is 75.6 Å². The van der Waals surface area contributed by atoms with Crippen LogP contribution in [0.15, 0.2) is 72.8 Å². The van der Waals surface area contributed by atoms with Gasteiger partial charge in [0.2, 0.25) is 0 Å². The average molecular weight is 502 g/mol. The fourth-order valence-corrected chi connectivity index (χ4v) is 6.12. The molecule has 36 heavy (non-hydrogen) atoms. The van der Waals surface area contributed by atoms with Gasteiger partial charge in [0.15, 0.2) is 0 Å². The number of allylic oxidation sites excluding steroid dienone is 2. The second kappa shape index (κ2) is 9.11. The summed E-state index contributed by atoms with van der Waals surface area (Å²) < 4.78 is 19.9. The van der Waals surface area contributed by atoms with E-state index in [0.717, 1.165) is 34.4 Å². The van der Waals surface area contributed by atoms with Crippen LogP contribution >= 0.6 is 11.3 Å². The zero-order chi connectivity index (χ0) is 24.7. The second-order valence-corrected chi connectivity index (χ2v) is 10.4. The third-order valence-electron chi connectivity index (χ3n) is 7.03. The van der Waals surface area contributed by atoms with Gasteiger partial charge in [-0.2, -0.15) is 0 Å². The summed E-state index contributed by atoms with van der Waals surface area (Å²) in [4.78, 5) is 23.1. The normalized spacial score (nSPS) is 17.4. The lowest BCUT2D eigenvalue weighted by atomic mass is 9.75. The summed E-state index contributed by atoms with van der Waals surface area (Å²) in [7, 11) is 0. The average Bonchev–Trinajstić information content (AvgIpc) is 3.51. The van der Waals surface area contributed by atoms with E-state index in [0.29, 0.717) is 30.2 Å². The number of hydrogen-bond acceptors (Lipinski definition) is 6. The van der Waals surface area contributed by atoms with Crippen LogP contribution in [0.1, 0.15) is 29.7 Å². The lowest BCUT2D eigenvalue weighted by Gasteiger charge is -2.37. The Hall–Kier alpha value is -3.62. The van der Waals surface area contributed by atoms with Crippen LogP contribution in [0.25, 0.3) is 20.9 Å². The van der Waals surface area contributed by atoms with Crippen molar-refractivity contribution in [1.82, 2.24) is 14.9 Å². The highest BCUT2D eigenvalue weighted by atomic mass is 32.1. The molecule has 2 aromatic heterocycles. The molecule has 0 radical (unpaired) electrons. The number of carbonyl (C=O) groups is 1. The van der Waals surface area contributed by atoms with Gasteiger partial charge in [0.05, 0.1) is 5.69 Å². The summed E-state index contributed by atoms with van der Waals surface area (Å²) in [5.41, 5.74) is 4.12. The molecule has 6 nitrogen and oxygen atoms in total. The van der Waals surface area contributed by atoms with Crippen LogP contribution in [-0.4, -0.2) is 45.3 Å². The highest BCUT2D eigenvalue weighted by Crippen LogP contribution is 2.43. The summed E-state index contributed by atoms with van der Waals surface area (Å²) in [6.07, 6.45) is 4.66. The first kappa shape index (κ1) is 22.8. The van der Waals surface area contributed by atoms with E-state index in [-0.39, 0.29) is 17.3 Å². The molecule has 0 unspecified atom stereocenters. The molecule has 0 amide bonds. The summed E-state index contributed by atoms with van der Waals surface area (Å²) in [6, 6.07) is 19.7. The van der Waals surface area contributed by atoms with Crippen molar-refractivity contribution in [2.24, 2.45) is 0 Å². The monoisotopic (exact) mass is 501 g/mol. The Labute approximate surface area is 211 Å². The lowest BCUT2D eigenvalue weighted by molar-refractivity contribution is -0.0363. The van der Waals surface area contributed by atoms with E-state index in [9.17, 15) is 4.79 Å². The largest absolute Gasteiger partial charge is 0.506 e.